The molecule has 198 valence electrons. The predicted molar refractivity (Wildman–Crippen MR) is 136 cm³/mol. The lowest BCUT2D eigenvalue weighted by atomic mass is 10.1. The molecule has 0 atom stereocenters. The number of hydrogen-bond acceptors (Lipinski definition) is 6. The van der Waals surface area contributed by atoms with Gasteiger partial charge in [-0.05, 0) is 48.9 Å². The summed E-state index contributed by atoms with van der Waals surface area (Å²) in [4.78, 5) is 15.2. The summed E-state index contributed by atoms with van der Waals surface area (Å²) in [6.07, 6.45) is -5.01. The Morgan fingerprint density at radius 3 is 2.50 bits per heavy atom. The fourth-order valence-corrected chi connectivity index (χ4v) is 4.51. The van der Waals surface area contributed by atoms with Crippen LogP contribution in [0.15, 0.2) is 63.8 Å². The highest BCUT2D eigenvalue weighted by Crippen LogP contribution is 2.42. The van der Waals surface area contributed by atoms with Gasteiger partial charge >= 0.3 is 6.18 Å². The maximum Gasteiger partial charge on any atom is 0.453 e. The quantitative estimate of drug-likeness (QED) is 0.239. The van der Waals surface area contributed by atoms with Crippen molar-refractivity contribution < 1.29 is 31.8 Å². The average Bonchev–Trinajstić information content (AvgIpc) is 2.88. The van der Waals surface area contributed by atoms with Crippen LogP contribution in [-0.4, -0.2) is 18.2 Å². The molecule has 0 fully saturated rings. The molecule has 0 radical (unpaired) electrons. The summed E-state index contributed by atoms with van der Waals surface area (Å²) in [5.41, 5.74) is -0.0381. The van der Waals surface area contributed by atoms with E-state index in [2.05, 4.69) is 0 Å². The van der Waals surface area contributed by atoms with Crippen molar-refractivity contribution in [2.45, 2.75) is 26.2 Å². The van der Waals surface area contributed by atoms with Crippen LogP contribution in [0.2, 0.25) is 10.0 Å². The van der Waals surface area contributed by atoms with Crippen LogP contribution >= 0.6 is 23.2 Å². The normalized spacial score (nSPS) is 13.7. The van der Waals surface area contributed by atoms with Crippen LogP contribution in [0, 0.1) is 0 Å². The van der Waals surface area contributed by atoms with E-state index in [1.807, 2.05) is 4.90 Å². The molecule has 1 aliphatic heterocycles. The van der Waals surface area contributed by atoms with Gasteiger partial charge in [0, 0.05) is 13.1 Å². The van der Waals surface area contributed by atoms with E-state index < -0.39 is 23.1 Å². The van der Waals surface area contributed by atoms with Crippen molar-refractivity contribution >= 4 is 34.2 Å². The Labute approximate surface area is 225 Å². The maximum absolute atomic E-state index is 14.2. The minimum atomic E-state index is -5.01. The number of alkyl halides is 3. The maximum atomic E-state index is 14.2. The van der Waals surface area contributed by atoms with E-state index in [9.17, 15) is 18.0 Å². The molecule has 5 rings (SSSR count). The van der Waals surface area contributed by atoms with E-state index in [1.54, 1.807) is 37.3 Å². The molecule has 6 nitrogen and oxygen atoms in total. The molecule has 0 N–H and O–H groups in total. The molecule has 0 bridgehead atoms. The number of fused-ring (bicyclic) bond motifs is 3. The van der Waals surface area contributed by atoms with Crippen LogP contribution in [0.4, 0.5) is 13.2 Å². The molecule has 0 saturated carbocycles. The lowest BCUT2D eigenvalue weighted by Crippen LogP contribution is -2.32. The first kappa shape index (κ1) is 26.2. The first-order valence-electron chi connectivity index (χ1n) is 11.5. The molecule has 0 unspecified atom stereocenters. The molecule has 11 heteroatoms. The Morgan fingerprint density at radius 2 is 1.79 bits per heavy atom. The second kappa shape index (κ2) is 10.4. The van der Waals surface area contributed by atoms with Crippen LogP contribution in [0.5, 0.6) is 23.0 Å². The molecule has 3 aromatic carbocycles. The Balaban J connectivity index is 1.58. The SMILES string of the molecule is CCOc1ccccc1Oc1c(C(F)(F)F)oc2c3c(ccc2c1=O)OCN(Cc1ccc(Cl)c(Cl)c1)C3. The summed E-state index contributed by atoms with van der Waals surface area (Å²) in [6, 6.07) is 14.2. The van der Waals surface area contributed by atoms with Gasteiger partial charge in [0.15, 0.2) is 11.5 Å². The number of halogens is 5. The van der Waals surface area contributed by atoms with Gasteiger partial charge < -0.3 is 18.6 Å². The third-order valence-corrected chi connectivity index (χ3v) is 6.61. The fourth-order valence-electron chi connectivity index (χ4n) is 4.19. The highest BCUT2D eigenvalue weighted by molar-refractivity contribution is 6.42. The zero-order valence-electron chi connectivity index (χ0n) is 19.9. The summed E-state index contributed by atoms with van der Waals surface area (Å²) in [7, 11) is 0. The van der Waals surface area contributed by atoms with Gasteiger partial charge in [-0.3, -0.25) is 9.69 Å². The molecular weight excluding hydrogens is 546 g/mol. The monoisotopic (exact) mass is 565 g/mol. The third-order valence-electron chi connectivity index (χ3n) is 5.87. The number of para-hydroxylation sites is 2. The molecule has 2 heterocycles. The summed E-state index contributed by atoms with van der Waals surface area (Å²) in [5.74, 6) is -2.03. The van der Waals surface area contributed by atoms with Gasteiger partial charge in [-0.1, -0.05) is 41.4 Å². The van der Waals surface area contributed by atoms with Crippen LogP contribution < -0.4 is 19.6 Å². The van der Waals surface area contributed by atoms with Crippen LogP contribution in [0.3, 0.4) is 0 Å². The van der Waals surface area contributed by atoms with Crippen molar-refractivity contribution in [1.29, 1.82) is 0 Å². The minimum absolute atomic E-state index is 0.0411. The molecule has 0 saturated heterocycles. The highest BCUT2D eigenvalue weighted by atomic mass is 35.5. The van der Waals surface area contributed by atoms with Crippen LogP contribution in [0.25, 0.3) is 11.0 Å². The molecule has 0 aliphatic carbocycles. The summed E-state index contributed by atoms with van der Waals surface area (Å²) in [5, 5.41) is 0.720. The lowest BCUT2D eigenvalue weighted by molar-refractivity contribution is -0.154. The largest absolute Gasteiger partial charge is 0.490 e. The van der Waals surface area contributed by atoms with Gasteiger partial charge in [-0.25, -0.2) is 0 Å². The van der Waals surface area contributed by atoms with Gasteiger partial charge in [-0.2, -0.15) is 13.2 Å². The average molecular weight is 566 g/mol. The standard InChI is InChI=1S/C27H20Cl2F3NO5/c1-2-35-21-5-3-4-6-22(21)37-25-23(34)16-8-10-20-17(24(16)38-26(25)27(30,31)32)13-33(14-36-20)12-15-7-9-18(28)19(29)11-15/h3-11H,2,12-14H2,1H3. The van der Waals surface area contributed by atoms with Crippen molar-refractivity contribution in [2.24, 2.45) is 0 Å². The molecular formula is C27H20Cl2F3NO5. The van der Waals surface area contributed by atoms with Crippen LogP contribution in [-0.2, 0) is 19.3 Å². The smallest absolute Gasteiger partial charge is 0.453 e. The first-order chi connectivity index (χ1) is 18.2. The second-order valence-corrected chi connectivity index (χ2v) is 9.31. The van der Waals surface area contributed by atoms with Gasteiger partial charge in [0.25, 0.3) is 5.76 Å². The Morgan fingerprint density at radius 1 is 1.03 bits per heavy atom. The van der Waals surface area contributed by atoms with Gasteiger partial charge in [0.05, 0.1) is 27.6 Å². The Kier molecular flexibility index (Phi) is 7.17. The number of benzene rings is 3. The van der Waals surface area contributed by atoms with Crippen molar-refractivity contribution in [3.05, 3.63) is 91.8 Å². The molecule has 1 aliphatic rings. The van der Waals surface area contributed by atoms with Gasteiger partial charge in [0.1, 0.15) is 18.1 Å². The number of ether oxygens (including phenoxy) is 3. The molecule has 1 aromatic heterocycles. The van der Waals surface area contributed by atoms with E-state index in [1.165, 1.54) is 24.3 Å². The third kappa shape index (κ3) is 5.14. The van der Waals surface area contributed by atoms with E-state index in [-0.39, 0.29) is 42.4 Å². The lowest BCUT2D eigenvalue weighted by Gasteiger charge is -2.29. The summed E-state index contributed by atoms with van der Waals surface area (Å²) in [6.45, 7) is 2.69. The predicted octanol–water partition coefficient (Wildman–Crippen LogP) is 7.66. The van der Waals surface area contributed by atoms with Crippen LogP contribution in [0.1, 0.15) is 23.8 Å². The summed E-state index contributed by atoms with van der Waals surface area (Å²) < 4.78 is 64.6. The van der Waals surface area contributed by atoms with E-state index in [0.717, 1.165) is 5.56 Å². The van der Waals surface area contributed by atoms with E-state index in [0.29, 0.717) is 27.9 Å². The molecule has 4 aromatic rings. The van der Waals surface area contributed by atoms with E-state index >= 15 is 0 Å². The van der Waals surface area contributed by atoms with Gasteiger partial charge in [-0.15, -0.1) is 0 Å². The van der Waals surface area contributed by atoms with E-state index in [4.69, 9.17) is 41.8 Å². The first-order valence-corrected chi connectivity index (χ1v) is 12.3. The second-order valence-electron chi connectivity index (χ2n) is 8.50. The zero-order chi connectivity index (χ0) is 27.0. The molecule has 38 heavy (non-hydrogen) atoms. The number of nitrogens with zero attached hydrogens (tertiary/aromatic N) is 1. The fraction of sp³-hybridized carbons (Fsp3) is 0.222. The number of hydrogen-bond donors (Lipinski definition) is 0. The topological polar surface area (TPSA) is 61.1 Å². The highest BCUT2D eigenvalue weighted by Gasteiger charge is 2.41. The molecule has 0 spiro atoms. The van der Waals surface area contributed by atoms with Crippen molar-refractivity contribution in [2.75, 3.05) is 13.3 Å². The minimum Gasteiger partial charge on any atom is -0.490 e. The number of rotatable bonds is 6. The van der Waals surface area contributed by atoms with Gasteiger partial charge in [0.2, 0.25) is 11.2 Å². The Bertz CT molecular complexity index is 1570. The molecule has 0 amide bonds. The zero-order valence-corrected chi connectivity index (χ0v) is 21.4. The van der Waals surface area contributed by atoms with Crippen molar-refractivity contribution in [1.82, 2.24) is 4.90 Å². The summed E-state index contributed by atoms with van der Waals surface area (Å²) >= 11 is 12.1. The Hall–Kier alpha value is -3.40. The van der Waals surface area contributed by atoms with Crippen molar-refractivity contribution in [3.8, 4) is 23.0 Å². The van der Waals surface area contributed by atoms with Crippen molar-refractivity contribution in [3.63, 3.8) is 0 Å².